The van der Waals surface area contributed by atoms with Gasteiger partial charge in [-0.15, -0.1) is 0 Å². The minimum absolute atomic E-state index is 0.125. The number of hydrogen-bond donors (Lipinski definition) is 2. The van der Waals surface area contributed by atoms with Crippen molar-refractivity contribution in [1.82, 2.24) is 25.7 Å². The second kappa shape index (κ2) is 6.78. The van der Waals surface area contributed by atoms with Gasteiger partial charge in [0.05, 0.1) is 23.8 Å². The van der Waals surface area contributed by atoms with Crippen LogP contribution >= 0.6 is 0 Å². The maximum atomic E-state index is 10.4. The maximum absolute atomic E-state index is 10.4. The Balaban J connectivity index is 1.55. The Morgan fingerprint density at radius 1 is 0.964 bits per heavy atom. The quantitative estimate of drug-likeness (QED) is 0.720. The van der Waals surface area contributed by atoms with Crippen LogP contribution in [0.3, 0.4) is 0 Å². The Kier molecular flexibility index (Phi) is 4.54. The second-order valence-electron chi connectivity index (χ2n) is 9.27. The summed E-state index contributed by atoms with van der Waals surface area (Å²) >= 11 is 0. The molecule has 1 fully saturated rings. The highest BCUT2D eigenvalue weighted by molar-refractivity contribution is 5.88. The molecular weight excluding hydrogens is 350 g/mol. The third kappa shape index (κ3) is 3.97. The first-order chi connectivity index (χ1) is 13.2. The molecule has 0 aliphatic carbocycles. The van der Waals surface area contributed by atoms with Crippen LogP contribution in [0.2, 0.25) is 0 Å². The van der Waals surface area contributed by atoms with Crippen LogP contribution in [-0.2, 0) is 6.42 Å². The molecule has 3 heterocycles. The monoisotopic (exact) mass is 377 g/mol. The van der Waals surface area contributed by atoms with Gasteiger partial charge in [0.25, 0.3) is 0 Å². The summed E-state index contributed by atoms with van der Waals surface area (Å²) in [4.78, 5) is 0. The standard InChI is InChI=1S/C22H27N5O/c1-21(2)10-14(11-22(3,4)27-21)7-17-5-6-19(26-25-17)18-8-15-12-23-24-13-16(15)9-20(18)28/h5-6,8-9,12-14,27-28H,7,10-11H2,1-4H3. The Hall–Kier alpha value is -2.60. The summed E-state index contributed by atoms with van der Waals surface area (Å²) < 4.78 is 0. The van der Waals surface area contributed by atoms with E-state index in [2.05, 4.69) is 53.4 Å². The second-order valence-corrected chi connectivity index (χ2v) is 9.27. The number of aromatic nitrogens is 4. The van der Waals surface area contributed by atoms with E-state index in [4.69, 9.17) is 0 Å². The highest BCUT2D eigenvalue weighted by Crippen LogP contribution is 2.35. The molecule has 0 bridgehead atoms. The summed E-state index contributed by atoms with van der Waals surface area (Å²) in [5, 5.41) is 32.5. The molecule has 2 N–H and O–H groups in total. The van der Waals surface area contributed by atoms with Crippen LogP contribution in [0.25, 0.3) is 22.0 Å². The number of nitrogens with one attached hydrogen (secondary N) is 1. The van der Waals surface area contributed by atoms with E-state index >= 15 is 0 Å². The first-order valence-corrected chi connectivity index (χ1v) is 9.77. The molecule has 6 nitrogen and oxygen atoms in total. The minimum atomic E-state index is 0.125. The molecule has 146 valence electrons. The fraction of sp³-hybridized carbons (Fsp3) is 0.455. The van der Waals surface area contributed by atoms with Crippen LogP contribution in [0.15, 0.2) is 36.7 Å². The normalized spacial score (nSPS) is 19.0. The van der Waals surface area contributed by atoms with Gasteiger partial charge in [0.15, 0.2) is 0 Å². The molecular formula is C22H27N5O. The topological polar surface area (TPSA) is 83.8 Å². The van der Waals surface area contributed by atoms with Gasteiger partial charge in [-0.2, -0.15) is 20.4 Å². The fourth-order valence-electron chi connectivity index (χ4n) is 4.83. The van der Waals surface area contributed by atoms with Gasteiger partial charge in [-0.3, -0.25) is 0 Å². The highest BCUT2D eigenvalue weighted by atomic mass is 16.3. The van der Waals surface area contributed by atoms with Crippen molar-refractivity contribution < 1.29 is 5.11 Å². The number of phenols is 1. The van der Waals surface area contributed by atoms with E-state index in [0.717, 1.165) is 35.7 Å². The Bertz CT molecular complexity index is 981. The first kappa shape index (κ1) is 18.7. The summed E-state index contributed by atoms with van der Waals surface area (Å²) in [5.41, 5.74) is 2.56. The average molecular weight is 377 g/mol. The zero-order valence-corrected chi connectivity index (χ0v) is 16.9. The predicted molar refractivity (Wildman–Crippen MR) is 110 cm³/mol. The molecule has 28 heavy (non-hydrogen) atoms. The van der Waals surface area contributed by atoms with Crippen molar-refractivity contribution in [3.05, 3.63) is 42.4 Å². The van der Waals surface area contributed by atoms with Crippen LogP contribution in [0, 0.1) is 5.92 Å². The number of aromatic hydroxyl groups is 1. The molecule has 1 saturated heterocycles. The van der Waals surface area contributed by atoms with E-state index in [0.29, 0.717) is 17.2 Å². The van der Waals surface area contributed by atoms with Gasteiger partial charge in [-0.1, -0.05) is 0 Å². The molecule has 0 spiro atoms. The van der Waals surface area contributed by atoms with Crippen molar-refractivity contribution >= 4 is 10.8 Å². The van der Waals surface area contributed by atoms with Crippen molar-refractivity contribution in [3.8, 4) is 17.0 Å². The van der Waals surface area contributed by atoms with Crippen LogP contribution in [0.4, 0.5) is 0 Å². The fourth-order valence-corrected chi connectivity index (χ4v) is 4.83. The van der Waals surface area contributed by atoms with Gasteiger partial charge in [-0.05, 0) is 77.1 Å². The number of benzene rings is 1. The molecule has 0 unspecified atom stereocenters. The van der Waals surface area contributed by atoms with Crippen LogP contribution in [-0.4, -0.2) is 36.6 Å². The van der Waals surface area contributed by atoms with E-state index in [1.807, 2.05) is 18.2 Å². The average Bonchev–Trinajstić information content (AvgIpc) is 2.59. The van der Waals surface area contributed by atoms with E-state index in [1.165, 1.54) is 0 Å². The number of nitrogens with zero attached hydrogens (tertiary/aromatic N) is 4. The van der Waals surface area contributed by atoms with Crippen LogP contribution in [0.5, 0.6) is 5.75 Å². The number of hydrogen-bond acceptors (Lipinski definition) is 6. The van der Waals surface area contributed by atoms with Crippen molar-refractivity contribution in [2.75, 3.05) is 0 Å². The molecule has 0 saturated carbocycles. The van der Waals surface area contributed by atoms with E-state index in [-0.39, 0.29) is 16.8 Å². The van der Waals surface area contributed by atoms with Crippen molar-refractivity contribution in [1.29, 1.82) is 0 Å². The van der Waals surface area contributed by atoms with Crippen molar-refractivity contribution in [3.63, 3.8) is 0 Å². The Labute approximate surface area is 165 Å². The maximum Gasteiger partial charge on any atom is 0.125 e. The van der Waals surface area contributed by atoms with Crippen molar-refractivity contribution in [2.24, 2.45) is 5.92 Å². The lowest BCUT2D eigenvalue weighted by Gasteiger charge is -2.46. The lowest BCUT2D eigenvalue weighted by atomic mass is 9.74. The van der Waals surface area contributed by atoms with Gasteiger partial charge in [-0.25, -0.2) is 0 Å². The molecule has 3 aromatic rings. The van der Waals surface area contributed by atoms with E-state index in [1.54, 1.807) is 18.5 Å². The number of piperidine rings is 1. The molecule has 1 aliphatic heterocycles. The van der Waals surface area contributed by atoms with Gasteiger partial charge in [0.2, 0.25) is 0 Å². The van der Waals surface area contributed by atoms with Gasteiger partial charge < -0.3 is 10.4 Å². The summed E-state index contributed by atoms with van der Waals surface area (Å²) in [5.74, 6) is 0.739. The van der Waals surface area contributed by atoms with E-state index in [9.17, 15) is 5.11 Å². The number of fused-ring (bicyclic) bond motifs is 1. The summed E-state index contributed by atoms with van der Waals surface area (Å²) in [6.45, 7) is 9.07. The molecule has 1 aromatic carbocycles. The zero-order valence-electron chi connectivity index (χ0n) is 16.9. The summed E-state index contributed by atoms with van der Waals surface area (Å²) in [7, 11) is 0. The van der Waals surface area contributed by atoms with Crippen LogP contribution in [0.1, 0.15) is 46.2 Å². The Morgan fingerprint density at radius 2 is 1.61 bits per heavy atom. The SMILES string of the molecule is CC1(C)CC(Cc2ccc(-c3cc4cnncc4cc3O)nn2)CC(C)(C)N1. The lowest BCUT2D eigenvalue weighted by Crippen LogP contribution is -2.58. The van der Waals surface area contributed by atoms with Gasteiger partial charge >= 0.3 is 0 Å². The molecule has 0 radical (unpaired) electrons. The first-order valence-electron chi connectivity index (χ1n) is 9.77. The zero-order chi connectivity index (χ0) is 19.9. The number of phenolic OH excluding ortho intramolecular Hbond substituents is 1. The van der Waals surface area contributed by atoms with Gasteiger partial charge in [0, 0.05) is 27.4 Å². The smallest absolute Gasteiger partial charge is 0.125 e. The van der Waals surface area contributed by atoms with E-state index < -0.39 is 0 Å². The van der Waals surface area contributed by atoms with Crippen LogP contribution < -0.4 is 5.32 Å². The number of rotatable bonds is 3. The molecule has 6 heteroatoms. The van der Waals surface area contributed by atoms with Crippen molar-refractivity contribution in [2.45, 2.75) is 58.0 Å². The van der Waals surface area contributed by atoms with Gasteiger partial charge in [0.1, 0.15) is 5.75 Å². The molecule has 4 rings (SSSR count). The summed E-state index contributed by atoms with van der Waals surface area (Å²) in [6, 6.07) is 7.53. The minimum Gasteiger partial charge on any atom is -0.507 e. The highest BCUT2D eigenvalue weighted by Gasteiger charge is 2.37. The molecule has 0 atom stereocenters. The molecule has 2 aromatic heterocycles. The molecule has 0 amide bonds. The molecule has 1 aliphatic rings. The summed E-state index contributed by atoms with van der Waals surface area (Å²) in [6.07, 6.45) is 6.47. The third-order valence-electron chi connectivity index (χ3n) is 5.43. The Morgan fingerprint density at radius 3 is 2.21 bits per heavy atom. The largest absolute Gasteiger partial charge is 0.507 e. The third-order valence-corrected chi connectivity index (χ3v) is 5.43. The lowest BCUT2D eigenvalue weighted by molar-refractivity contribution is 0.128. The predicted octanol–water partition coefficient (Wildman–Crippen LogP) is 3.89.